The lowest BCUT2D eigenvalue weighted by atomic mass is 10.0. The van der Waals surface area contributed by atoms with Gasteiger partial charge in [0, 0.05) is 21.7 Å². The molecule has 1 aromatic heterocycles. The van der Waals surface area contributed by atoms with Gasteiger partial charge >= 0.3 is 0 Å². The van der Waals surface area contributed by atoms with Gasteiger partial charge in [-0.05, 0) is 25.2 Å². The van der Waals surface area contributed by atoms with Crippen molar-refractivity contribution < 1.29 is 9.26 Å². The largest absolute Gasteiger partial charge is 0.379 e. The van der Waals surface area contributed by atoms with E-state index in [9.17, 15) is 0 Å². The predicted octanol–water partition coefficient (Wildman–Crippen LogP) is 2.75. The number of aromatic nitrogens is 2. The number of benzene rings is 1. The molecule has 2 aromatic rings. The molecule has 5 nitrogen and oxygen atoms in total. The third-order valence-electron chi connectivity index (χ3n) is 3.33. The summed E-state index contributed by atoms with van der Waals surface area (Å²) < 4.78 is 10.8. The molecule has 106 valence electrons. The van der Waals surface area contributed by atoms with E-state index in [1.165, 1.54) is 0 Å². The maximum atomic E-state index is 5.98. The van der Waals surface area contributed by atoms with Crippen molar-refractivity contribution in [1.82, 2.24) is 15.5 Å². The third kappa shape index (κ3) is 2.67. The van der Waals surface area contributed by atoms with Gasteiger partial charge in [-0.3, -0.25) is 0 Å². The summed E-state index contributed by atoms with van der Waals surface area (Å²) in [6, 6.07) is 5.35. The van der Waals surface area contributed by atoms with Crippen molar-refractivity contribution in [3.63, 3.8) is 0 Å². The second-order valence-corrected chi connectivity index (χ2v) is 5.53. The normalized spacial score (nSPS) is 22.4. The standard InChI is InChI=1S/C13H13Cl2N3O2/c1-16-11-6-19-5-10(11)13-17-12(18-20-13)7-2-8(14)4-9(15)3-7/h2-4,10-11,16H,5-6H2,1H3. The van der Waals surface area contributed by atoms with Gasteiger partial charge in [0.2, 0.25) is 11.7 Å². The molecule has 0 amide bonds. The lowest BCUT2D eigenvalue weighted by Gasteiger charge is -2.11. The Morgan fingerprint density at radius 3 is 2.65 bits per heavy atom. The van der Waals surface area contributed by atoms with Crippen LogP contribution in [0.15, 0.2) is 22.7 Å². The number of nitrogens with zero attached hydrogens (tertiary/aromatic N) is 2. The lowest BCUT2D eigenvalue weighted by Crippen LogP contribution is -2.31. The van der Waals surface area contributed by atoms with Crippen molar-refractivity contribution in [2.24, 2.45) is 0 Å². The average Bonchev–Trinajstić information content (AvgIpc) is 3.06. The van der Waals surface area contributed by atoms with Gasteiger partial charge in [0.15, 0.2) is 0 Å². The quantitative estimate of drug-likeness (QED) is 0.944. The fraction of sp³-hybridized carbons (Fsp3) is 0.385. The highest BCUT2D eigenvalue weighted by Gasteiger charge is 2.33. The first-order chi connectivity index (χ1) is 9.67. The molecule has 0 bridgehead atoms. The van der Waals surface area contributed by atoms with Crippen LogP contribution in [0.4, 0.5) is 0 Å². The summed E-state index contributed by atoms with van der Waals surface area (Å²) in [5, 5.41) is 8.26. The number of hydrogen-bond acceptors (Lipinski definition) is 5. The Hall–Kier alpha value is -1.14. The fourth-order valence-electron chi connectivity index (χ4n) is 2.27. The first-order valence-electron chi connectivity index (χ1n) is 6.22. The monoisotopic (exact) mass is 313 g/mol. The number of likely N-dealkylation sites (N-methyl/N-ethyl adjacent to an activating group) is 1. The van der Waals surface area contributed by atoms with E-state index >= 15 is 0 Å². The van der Waals surface area contributed by atoms with Gasteiger partial charge in [0.1, 0.15) is 0 Å². The molecule has 0 spiro atoms. The van der Waals surface area contributed by atoms with Gasteiger partial charge in [-0.15, -0.1) is 0 Å². The molecule has 1 aliphatic heterocycles. The number of nitrogens with one attached hydrogen (secondary N) is 1. The van der Waals surface area contributed by atoms with Gasteiger partial charge < -0.3 is 14.6 Å². The van der Waals surface area contributed by atoms with Gasteiger partial charge in [0.25, 0.3) is 0 Å². The second-order valence-electron chi connectivity index (χ2n) is 4.65. The topological polar surface area (TPSA) is 60.2 Å². The first kappa shape index (κ1) is 13.8. The highest BCUT2D eigenvalue weighted by atomic mass is 35.5. The Morgan fingerprint density at radius 2 is 1.95 bits per heavy atom. The first-order valence-corrected chi connectivity index (χ1v) is 6.98. The molecule has 0 aliphatic carbocycles. The summed E-state index contributed by atoms with van der Waals surface area (Å²) in [5.74, 6) is 1.11. The van der Waals surface area contributed by atoms with Crippen molar-refractivity contribution in [2.75, 3.05) is 20.3 Å². The summed E-state index contributed by atoms with van der Waals surface area (Å²) in [4.78, 5) is 4.43. The highest BCUT2D eigenvalue weighted by Crippen LogP contribution is 2.29. The molecule has 1 saturated heterocycles. The van der Waals surface area contributed by atoms with E-state index in [-0.39, 0.29) is 12.0 Å². The van der Waals surface area contributed by atoms with Crippen molar-refractivity contribution in [1.29, 1.82) is 0 Å². The zero-order chi connectivity index (χ0) is 14.1. The van der Waals surface area contributed by atoms with E-state index < -0.39 is 0 Å². The van der Waals surface area contributed by atoms with E-state index in [2.05, 4.69) is 15.5 Å². The van der Waals surface area contributed by atoms with Crippen LogP contribution in [0.25, 0.3) is 11.4 Å². The lowest BCUT2D eigenvalue weighted by molar-refractivity contribution is 0.185. The molecule has 1 aromatic carbocycles. The SMILES string of the molecule is CNC1COCC1c1nc(-c2cc(Cl)cc(Cl)c2)no1. The van der Waals surface area contributed by atoms with Crippen LogP contribution in [0.5, 0.6) is 0 Å². The zero-order valence-electron chi connectivity index (χ0n) is 10.8. The van der Waals surface area contributed by atoms with E-state index in [0.29, 0.717) is 35.0 Å². The van der Waals surface area contributed by atoms with E-state index in [4.69, 9.17) is 32.5 Å². The van der Waals surface area contributed by atoms with Crippen molar-refractivity contribution in [3.05, 3.63) is 34.1 Å². The predicted molar refractivity (Wildman–Crippen MR) is 76.2 cm³/mol. The van der Waals surface area contributed by atoms with Crippen LogP contribution >= 0.6 is 23.2 Å². The number of halogens is 2. The van der Waals surface area contributed by atoms with E-state index in [1.54, 1.807) is 18.2 Å². The zero-order valence-corrected chi connectivity index (χ0v) is 12.3. The Balaban J connectivity index is 1.90. The molecule has 20 heavy (non-hydrogen) atoms. The summed E-state index contributed by atoms with van der Waals surface area (Å²) in [6.07, 6.45) is 0. The Bertz CT molecular complexity index is 597. The third-order valence-corrected chi connectivity index (χ3v) is 3.77. The molecule has 1 N–H and O–H groups in total. The minimum absolute atomic E-state index is 0.0657. The molecule has 2 heterocycles. The molecular weight excluding hydrogens is 301 g/mol. The maximum Gasteiger partial charge on any atom is 0.234 e. The van der Waals surface area contributed by atoms with Crippen LogP contribution in [0, 0.1) is 0 Å². The van der Waals surface area contributed by atoms with Gasteiger partial charge in [-0.1, -0.05) is 28.4 Å². The van der Waals surface area contributed by atoms with Gasteiger partial charge in [-0.2, -0.15) is 4.98 Å². The molecule has 1 aliphatic rings. The van der Waals surface area contributed by atoms with Crippen LogP contribution in [0.1, 0.15) is 11.8 Å². The fourth-order valence-corrected chi connectivity index (χ4v) is 2.79. The molecular formula is C13H13Cl2N3O2. The Labute approximate surface area is 126 Å². The molecule has 3 rings (SSSR count). The van der Waals surface area contributed by atoms with Crippen molar-refractivity contribution in [2.45, 2.75) is 12.0 Å². The smallest absolute Gasteiger partial charge is 0.234 e. The van der Waals surface area contributed by atoms with Crippen LogP contribution in [-0.2, 0) is 4.74 Å². The molecule has 0 saturated carbocycles. The minimum atomic E-state index is 0.0657. The molecule has 2 unspecified atom stereocenters. The van der Waals surface area contributed by atoms with Crippen LogP contribution in [0.2, 0.25) is 10.0 Å². The molecule has 1 fully saturated rings. The van der Waals surface area contributed by atoms with Crippen LogP contribution < -0.4 is 5.32 Å². The Morgan fingerprint density at radius 1 is 1.20 bits per heavy atom. The van der Waals surface area contributed by atoms with Gasteiger partial charge in [0.05, 0.1) is 19.1 Å². The van der Waals surface area contributed by atoms with Crippen molar-refractivity contribution >= 4 is 23.2 Å². The molecule has 2 atom stereocenters. The summed E-state index contributed by atoms with van der Waals surface area (Å²) in [6.45, 7) is 1.21. The summed E-state index contributed by atoms with van der Waals surface area (Å²) in [5.41, 5.74) is 0.734. The second kappa shape index (κ2) is 5.69. The van der Waals surface area contributed by atoms with Crippen LogP contribution in [0.3, 0.4) is 0 Å². The van der Waals surface area contributed by atoms with Crippen molar-refractivity contribution in [3.8, 4) is 11.4 Å². The molecule has 7 heteroatoms. The number of ether oxygens (including phenoxy) is 1. The Kier molecular flexibility index (Phi) is 3.94. The average molecular weight is 314 g/mol. The highest BCUT2D eigenvalue weighted by molar-refractivity contribution is 6.35. The number of hydrogen-bond donors (Lipinski definition) is 1. The van der Waals surface area contributed by atoms with E-state index in [0.717, 1.165) is 5.56 Å². The summed E-state index contributed by atoms with van der Waals surface area (Å²) >= 11 is 12.0. The summed E-state index contributed by atoms with van der Waals surface area (Å²) in [7, 11) is 1.89. The molecule has 0 radical (unpaired) electrons. The van der Waals surface area contributed by atoms with E-state index in [1.807, 2.05) is 7.05 Å². The maximum absolute atomic E-state index is 5.98. The minimum Gasteiger partial charge on any atom is -0.379 e. The van der Waals surface area contributed by atoms with Crippen LogP contribution in [-0.4, -0.2) is 36.4 Å². The number of rotatable bonds is 3. The van der Waals surface area contributed by atoms with Gasteiger partial charge in [-0.25, -0.2) is 0 Å².